The number of hydrogen-bond acceptors (Lipinski definition) is 3. The van der Waals surface area contributed by atoms with Crippen LogP contribution in [0.4, 0.5) is 0 Å². The van der Waals surface area contributed by atoms with Gasteiger partial charge in [-0.15, -0.1) is 0 Å². The molecule has 0 spiro atoms. The largest absolute Gasteiger partial charge is 0.378 e. The summed E-state index contributed by atoms with van der Waals surface area (Å²) >= 11 is 0. The normalized spacial score (nSPS) is 26.7. The molecule has 0 bridgehead atoms. The fraction of sp³-hybridized carbons (Fsp3) is 0.600. The van der Waals surface area contributed by atoms with Crippen LogP contribution in [-0.2, 0) is 11.8 Å². The number of carbonyl (C=O) groups excluding carboxylic acids is 1. The molecule has 1 aromatic rings. The topological polar surface area (TPSA) is 44.1 Å². The highest BCUT2D eigenvalue weighted by Crippen LogP contribution is 2.23. The third-order valence-electron chi connectivity index (χ3n) is 2.75. The summed E-state index contributed by atoms with van der Waals surface area (Å²) in [6.45, 7) is 2.63. The van der Waals surface area contributed by atoms with Crippen molar-refractivity contribution in [2.24, 2.45) is 13.0 Å². The van der Waals surface area contributed by atoms with E-state index in [9.17, 15) is 4.79 Å². The lowest BCUT2D eigenvalue weighted by Crippen LogP contribution is -2.24. The van der Waals surface area contributed by atoms with Crippen LogP contribution in [0, 0.1) is 5.92 Å². The molecule has 76 valence electrons. The van der Waals surface area contributed by atoms with Gasteiger partial charge in [-0.2, -0.15) is 0 Å². The van der Waals surface area contributed by atoms with Gasteiger partial charge in [0.25, 0.3) is 0 Å². The fourth-order valence-corrected chi connectivity index (χ4v) is 1.84. The van der Waals surface area contributed by atoms with Crippen LogP contribution in [0.1, 0.15) is 24.0 Å². The van der Waals surface area contributed by atoms with Gasteiger partial charge >= 0.3 is 0 Å². The van der Waals surface area contributed by atoms with Gasteiger partial charge in [0.2, 0.25) is 5.78 Å². The molecule has 0 N–H and O–H groups in total. The summed E-state index contributed by atoms with van der Waals surface area (Å²) in [6.07, 6.45) is 4.27. The second-order valence-electron chi connectivity index (χ2n) is 3.70. The van der Waals surface area contributed by atoms with Crippen LogP contribution in [0.15, 0.2) is 12.4 Å². The van der Waals surface area contributed by atoms with Crippen molar-refractivity contribution >= 4 is 5.78 Å². The molecule has 2 rings (SSSR count). The van der Waals surface area contributed by atoms with E-state index in [-0.39, 0.29) is 17.8 Å². The van der Waals surface area contributed by atoms with E-state index in [1.165, 1.54) is 0 Å². The molecule has 1 aromatic heterocycles. The molecule has 1 aliphatic heterocycles. The maximum absolute atomic E-state index is 12.0. The Morgan fingerprint density at radius 2 is 2.50 bits per heavy atom. The molecule has 14 heavy (non-hydrogen) atoms. The second kappa shape index (κ2) is 3.53. The van der Waals surface area contributed by atoms with E-state index < -0.39 is 0 Å². The predicted molar refractivity (Wildman–Crippen MR) is 51.1 cm³/mol. The monoisotopic (exact) mass is 194 g/mol. The van der Waals surface area contributed by atoms with Crippen LogP contribution in [-0.4, -0.2) is 28.0 Å². The van der Waals surface area contributed by atoms with Crippen molar-refractivity contribution < 1.29 is 9.53 Å². The van der Waals surface area contributed by atoms with E-state index in [0.29, 0.717) is 12.4 Å². The number of carbonyl (C=O) groups is 1. The number of rotatable bonds is 2. The van der Waals surface area contributed by atoms with Crippen molar-refractivity contribution in [3.8, 4) is 0 Å². The quantitative estimate of drug-likeness (QED) is 0.660. The highest BCUT2D eigenvalue weighted by molar-refractivity contribution is 5.95. The first-order chi connectivity index (χ1) is 6.70. The Kier molecular flexibility index (Phi) is 2.37. The molecule has 0 aromatic carbocycles. The highest BCUT2D eigenvalue weighted by Gasteiger charge is 2.32. The van der Waals surface area contributed by atoms with Crippen molar-refractivity contribution in [2.75, 3.05) is 6.61 Å². The number of ketones is 1. The van der Waals surface area contributed by atoms with Crippen molar-refractivity contribution in [3.63, 3.8) is 0 Å². The molecule has 1 aliphatic rings. The van der Waals surface area contributed by atoms with Gasteiger partial charge in [-0.05, 0) is 13.3 Å². The van der Waals surface area contributed by atoms with Gasteiger partial charge in [-0.1, -0.05) is 0 Å². The summed E-state index contributed by atoms with van der Waals surface area (Å²) in [5.74, 6) is 0.617. The lowest BCUT2D eigenvalue weighted by molar-refractivity contribution is 0.0752. The molecule has 0 amide bonds. The van der Waals surface area contributed by atoms with Crippen LogP contribution in [0.2, 0.25) is 0 Å². The van der Waals surface area contributed by atoms with Gasteiger partial charge < -0.3 is 9.30 Å². The zero-order chi connectivity index (χ0) is 10.1. The summed E-state index contributed by atoms with van der Waals surface area (Å²) in [4.78, 5) is 16.0. The van der Waals surface area contributed by atoms with Gasteiger partial charge in [-0.3, -0.25) is 4.79 Å². The van der Waals surface area contributed by atoms with E-state index >= 15 is 0 Å². The Bertz CT molecular complexity index is 346. The Morgan fingerprint density at radius 1 is 1.71 bits per heavy atom. The summed E-state index contributed by atoms with van der Waals surface area (Å²) in [5, 5.41) is 0. The fourth-order valence-electron chi connectivity index (χ4n) is 1.84. The van der Waals surface area contributed by atoms with Crippen LogP contribution in [0.25, 0.3) is 0 Å². The molecule has 1 fully saturated rings. The molecule has 1 saturated heterocycles. The molecule has 2 unspecified atom stereocenters. The minimum atomic E-state index is -0.0175. The molecule has 2 heterocycles. The minimum Gasteiger partial charge on any atom is -0.378 e. The maximum atomic E-state index is 12.0. The first-order valence-electron chi connectivity index (χ1n) is 4.83. The summed E-state index contributed by atoms with van der Waals surface area (Å²) in [7, 11) is 1.83. The lowest BCUT2D eigenvalue weighted by atomic mass is 9.97. The molecule has 0 aliphatic carbocycles. The number of imidazole rings is 1. The molecule has 0 saturated carbocycles. The summed E-state index contributed by atoms with van der Waals surface area (Å²) in [6, 6.07) is 0. The van der Waals surface area contributed by atoms with Gasteiger partial charge in [0, 0.05) is 26.0 Å². The molecule has 4 nitrogen and oxygen atoms in total. The van der Waals surface area contributed by atoms with Crippen molar-refractivity contribution in [1.82, 2.24) is 9.55 Å². The van der Waals surface area contributed by atoms with E-state index in [0.717, 1.165) is 6.42 Å². The second-order valence-corrected chi connectivity index (χ2v) is 3.70. The molecular weight excluding hydrogens is 180 g/mol. The minimum absolute atomic E-state index is 0.0175. The lowest BCUT2D eigenvalue weighted by Gasteiger charge is -2.11. The number of hydrogen-bond donors (Lipinski definition) is 0. The van der Waals surface area contributed by atoms with Crippen molar-refractivity contribution in [1.29, 1.82) is 0 Å². The molecule has 0 radical (unpaired) electrons. The zero-order valence-electron chi connectivity index (χ0n) is 8.43. The van der Waals surface area contributed by atoms with E-state index in [1.54, 1.807) is 17.0 Å². The third-order valence-corrected chi connectivity index (χ3v) is 2.75. The van der Waals surface area contributed by atoms with Crippen molar-refractivity contribution in [3.05, 3.63) is 18.2 Å². The summed E-state index contributed by atoms with van der Waals surface area (Å²) in [5.41, 5.74) is 0. The van der Waals surface area contributed by atoms with Crippen LogP contribution >= 0.6 is 0 Å². The number of nitrogens with zero attached hydrogens (tertiary/aromatic N) is 2. The Morgan fingerprint density at radius 3 is 3.00 bits per heavy atom. The average molecular weight is 194 g/mol. The van der Waals surface area contributed by atoms with Crippen molar-refractivity contribution in [2.45, 2.75) is 19.4 Å². The predicted octanol–water partition coefficient (Wildman–Crippen LogP) is 1.03. The third kappa shape index (κ3) is 1.46. The zero-order valence-corrected chi connectivity index (χ0v) is 8.43. The van der Waals surface area contributed by atoms with Crippen LogP contribution < -0.4 is 0 Å². The standard InChI is InChI=1S/C10H14N2O2/c1-7-8(3-6-14-7)9(13)10-11-4-5-12(10)2/h4-5,7-8H,3,6H2,1-2H3. The highest BCUT2D eigenvalue weighted by atomic mass is 16.5. The number of aromatic nitrogens is 2. The first-order valence-corrected chi connectivity index (χ1v) is 4.83. The number of aryl methyl sites for hydroxylation is 1. The Labute approximate surface area is 82.9 Å². The van der Waals surface area contributed by atoms with E-state index in [2.05, 4.69) is 4.98 Å². The van der Waals surface area contributed by atoms with Gasteiger partial charge in [0.1, 0.15) is 0 Å². The summed E-state index contributed by atoms with van der Waals surface area (Å²) < 4.78 is 7.12. The van der Waals surface area contributed by atoms with E-state index in [1.807, 2.05) is 14.0 Å². The smallest absolute Gasteiger partial charge is 0.203 e. The van der Waals surface area contributed by atoms with Gasteiger partial charge in [0.05, 0.1) is 12.0 Å². The Hall–Kier alpha value is -1.16. The van der Waals surface area contributed by atoms with Gasteiger partial charge in [-0.25, -0.2) is 4.98 Å². The average Bonchev–Trinajstić information content (AvgIpc) is 2.73. The number of Topliss-reactive ketones (excluding diaryl/α,β-unsaturated/α-hetero) is 1. The number of ether oxygens (including phenoxy) is 1. The molecule has 2 atom stereocenters. The SMILES string of the molecule is CC1OCCC1C(=O)c1nccn1C. The van der Waals surface area contributed by atoms with Gasteiger partial charge in [0.15, 0.2) is 5.82 Å². The molecule has 4 heteroatoms. The van der Waals surface area contributed by atoms with Crippen LogP contribution in [0.5, 0.6) is 0 Å². The molecular formula is C10H14N2O2. The maximum Gasteiger partial charge on any atom is 0.203 e. The van der Waals surface area contributed by atoms with Crippen LogP contribution in [0.3, 0.4) is 0 Å². The Balaban J connectivity index is 2.20. The first kappa shape index (κ1) is 9.40. The van der Waals surface area contributed by atoms with E-state index in [4.69, 9.17) is 4.74 Å².